The number of aliphatic hydroxyl groups excluding tert-OH is 2. The smallest absolute Gasteiger partial charge is 0.246 e. The van der Waals surface area contributed by atoms with Gasteiger partial charge in [0.15, 0.2) is 0 Å². The molecule has 13 heteroatoms. The van der Waals surface area contributed by atoms with Crippen molar-refractivity contribution in [3.63, 3.8) is 0 Å². The highest BCUT2D eigenvalue weighted by Crippen LogP contribution is 2.61. The van der Waals surface area contributed by atoms with Crippen LogP contribution in [0.15, 0.2) is 0 Å². The molecule has 0 aromatic rings. The number of carbonyl (C=O) groups is 3. The number of nitrogens with zero attached hydrogens (tertiary/aromatic N) is 4. The molecule has 6 unspecified atom stereocenters. The number of amides is 3. The fourth-order valence-corrected chi connectivity index (χ4v) is 11.7. The number of likely N-dealkylation sites (N-methyl/N-ethyl adjacent to an activating group) is 2. The van der Waals surface area contributed by atoms with E-state index in [1.54, 1.807) is 31.0 Å². The predicted molar refractivity (Wildman–Crippen MR) is 212 cm³/mol. The van der Waals surface area contributed by atoms with Gasteiger partial charge >= 0.3 is 0 Å². The van der Waals surface area contributed by atoms with Gasteiger partial charge in [-0.25, -0.2) is 0 Å². The van der Waals surface area contributed by atoms with E-state index in [-0.39, 0.29) is 66.2 Å². The third-order valence-corrected chi connectivity index (χ3v) is 15.2. The van der Waals surface area contributed by atoms with Crippen LogP contribution in [0.3, 0.4) is 0 Å². The lowest BCUT2D eigenvalue weighted by Crippen LogP contribution is -2.62. The summed E-state index contributed by atoms with van der Waals surface area (Å²) in [5.74, 6) is 0.914. The Labute approximate surface area is 331 Å². The lowest BCUT2D eigenvalue weighted by molar-refractivity contribution is -0.193. The van der Waals surface area contributed by atoms with Gasteiger partial charge in [-0.3, -0.25) is 19.2 Å². The second-order valence-corrected chi connectivity index (χ2v) is 19.3. The van der Waals surface area contributed by atoms with E-state index in [1.807, 2.05) is 25.9 Å². The highest BCUT2D eigenvalue weighted by Gasteiger charge is 2.58. The van der Waals surface area contributed by atoms with E-state index in [2.05, 4.69) is 50.4 Å². The normalized spacial score (nSPS) is 38.6. The lowest BCUT2D eigenvalue weighted by atomic mass is 9.45. The second kappa shape index (κ2) is 18.4. The van der Waals surface area contributed by atoms with Gasteiger partial charge in [-0.15, -0.1) is 0 Å². The Balaban J connectivity index is 1.32. The van der Waals surface area contributed by atoms with Crippen LogP contribution in [-0.2, 0) is 24.0 Å². The topological polar surface area (TPSA) is 147 Å². The van der Waals surface area contributed by atoms with Crippen LogP contribution in [0.4, 0.5) is 0 Å². The van der Waals surface area contributed by atoms with Gasteiger partial charge in [-0.2, -0.15) is 5.06 Å². The highest BCUT2D eigenvalue weighted by molar-refractivity contribution is 5.88. The minimum atomic E-state index is -0.852. The molecule has 55 heavy (non-hydrogen) atoms. The minimum Gasteiger partial charge on any atom is -0.394 e. The molecule has 5 saturated carbocycles. The summed E-state index contributed by atoms with van der Waals surface area (Å²) in [6, 6.07) is -1.07. The van der Waals surface area contributed by atoms with Crippen LogP contribution in [0.1, 0.15) is 86.0 Å². The number of hydroxylamine groups is 2. The molecular formula is C42H76N6O7. The number of hydrogen-bond acceptors (Lipinski definition) is 10. The molecule has 2 bridgehead atoms. The van der Waals surface area contributed by atoms with Gasteiger partial charge in [0.1, 0.15) is 18.2 Å². The van der Waals surface area contributed by atoms with Crippen LogP contribution < -0.4 is 10.6 Å². The highest BCUT2D eigenvalue weighted by atomic mass is 16.7. The number of hydrogen-bond donors (Lipinski definition) is 4. The molecule has 0 spiro atoms. The molecule has 1 heterocycles. The van der Waals surface area contributed by atoms with E-state index in [9.17, 15) is 24.6 Å². The number of carbonyl (C=O) groups excluding carboxylic acids is 3. The number of aliphatic hydroxyl groups is 2. The van der Waals surface area contributed by atoms with Crippen molar-refractivity contribution in [2.45, 2.75) is 128 Å². The lowest BCUT2D eigenvalue weighted by Gasteiger charge is -2.62. The third-order valence-electron chi connectivity index (χ3n) is 15.2. The summed E-state index contributed by atoms with van der Waals surface area (Å²) < 4.78 is 6.39. The molecule has 0 aromatic carbocycles. The first-order valence-electron chi connectivity index (χ1n) is 21.3. The number of methoxy groups -OCH3 is 1. The fourth-order valence-electron chi connectivity index (χ4n) is 11.7. The van der Waals surface area contributed by atoms with Gasteiger partial charge in [0.2, 0.25) is 17.7 Å². The number of ether oxygens (including phenoxy) is 1. The summed E-state index contributed by atoms with van der Waals surface area (Å²) in [6.07, 6.45) is 5.79. The summed E-state index contributed by atoms with van der Waals surface area (Å²) in [4.78, 5) is 53.9. The maximum Gasteiger partial charge on any atom is 0.246 e. The first-order chi connectivity index (χ1) is 25.9. The Bertz CT molecular complexity index is 1310. The zero-order chi connectivity index (χ0) is 40.5. The summed E-state index contributed by atoms with van der Waals surface area (Å²) in [5.41, 5.74) is 0.299. The van der Waals surface area contributed by atoms with E-state index in [1.165, 1.54) is 6.42 Å². The van der Waals surface area contributed by atoms with Crippen molar-refractivity contribution in [2.24, 2.45) is 52.8 Å². The van der Waals surface area contributed by atoms with Crippen molar-refractivity contribution in [1.29, 1.82) is 0 Å². The summed E-state index contributed by atoms with van der Waals surface area (Å²) in [5, 5.41) is 29.7. The van der Waals surface area contributed by atoms with Gasteiger partial charge in [0.05, 0.1) is 18.8 Å². The van der Waals surface area contributed by atoms with Crippen LogP contribution in [-0.4, -0.2) is 159 Å². The Kier molecular flexibility index (Phi) is 14.8. The van der Waals surface area contributed by atoms with Crippen molar-refractivity contribution < 1.29 is 34.2 Å². The Morgan fingerprint density at radius 2 is 1.73 bits per heavy atom. The van der Waals surface area contributed by atoms with Gasteiger partial charge in [0, 0.05) is 63.6 Å². The predicted octanol–water partition coefficient (Wildman–Crippen LogP) is 2.45. The van der Waals surface area contributed by atoms with Crippen LogP contribution >= 0.6 is 0 Å². The molecule has 0 radical (unpaired) electrons. The maximum atomic E-state index is 14.3. The standard InChI is InChI=1S/C42H76N6O7/c1-12-47(10)41(53)34(22-45(6)7)44-39(51)28-16-27(17-30(18-28)46(8)9)31-15-13-14-26(38(31)54-11)21-48-37(36(25(3)50)35(23-49)55-48)40(52)43-33-20-29-19-32(24(33)2)42(29,4)5/h24-38,49-50H,12-23H2,1-11H3,(H,43,52)(H,44,51)/t24-,25-,26?,27?,28?,29+,30?,31?,32-,33-,34+,35-,36+,37-,38?/m0/s1. The molecule has 1 saturated heterocycles. The zero-order valence-corrected chi connectivity index (χ0v) is 35.9. The van der Waals surface area contributed by atoms with Crippen molar-refractivity contribution in [3.8, 4) is 0 Å². The Morgan fingerprint density at radius 3 is 2.29 bits per heavy atom. The monoisotopic (exact) mass is 777 g/mol. The number of fused-ring (bicyclic) bond motifs is 2. The zero-order valence-electron chi connectivity index (χ0n) is 35.9. The van der Waals surface area contributed by atoms with Gasteiger partial charge in [0.25, 0.3) is 0 Å². The van der Waals surface area contributed by atoms with Crippen LogP contribution in [0, 0.1) is 52.8 Å². The second-order valence-electron chi connectivity index (χ2n) is 19.3. The number of rotatable bonds is 15. The van der Waals surface area contributed by atoms with Crippen molar-refractivity contribution in [1.82, 2.24) is 30.4 Å². The average Bonchev–Trinajstić information content (AvgIpc) is 3.52. The van der Waals surface area contributed by atoms with Crippen molar-refractivity contribution >= 4 is 17.7 Å². The molecule has 6 aliphatic rings. The summed E-state index contributed by atoms with van der Waals surface area (Å²) >= 11 is 0. The molecule has 1 aliphatic heterocycles. The van der Waals surface area contributed by atoms with Crippen LogP contribution in [0.25, 0.3) is 0 Å². The maximum absolute atomic E-state index is 14.3. The summed E-state index contributed by atoms with van der Waals surface area (Å²) in [6.45, 7) is 11.7. The minimum absolute atomic E-state index is 0.0480. The Morgan fingerprint density at radius 1 is 1.02 bits per heavy atom. The quantitative estimate of drug-likeness (QED) is 0.196. The molecule has 6 rings (SSSR count). The first kappa shape index (κ1) is 44.2. The van der Waals surface area contributed by atoms with E-state index in [0.717, 1.165) is 44.9 Å². The van der Waals surface area contributed by atoms with E-state index < -0.39 is 30.2 Å². The molecule has 0 aromatic heterocycles. The van der Waals surface area contributed by atoms with E-state index >= 15 is 0 Å². The molecular weight excluding hydrogens is 700 g/mol. The molecule has 13 nitrogen and oxygen atoms in total. The first-order valence-corrected chi connectivity index (χ1v) is 21.3. The molecule has 6 fully saturated rings. The fraction of sp³-hybridized carbons (Fsp3) is 0.929. The summed E-state index contributed by atoms with van der Waals surface area (Å²) in [7, 11) is 11.5. The Hall–Kier alpha value is -1.87. The average molecular weight is 777 g/mol. The van der Waals surface area contributed by atoms with Crippen molar-refractivity contribution in [3.05, 3.63) is 0 Å². The van der Waals surface area contributed by atoms with Crippen LogP contribution in [0.2, 0.25) is 0 Å². The van der Waals surface area contributed by atoms with Gasteiger partial charge in [-0.05, 0) is 122 Å². The van der Waals surface area contributed by atoms with E-state index in [0.29, 0.717) is 42.8 Å². The SMILES string of the molecule is CCN(C)C(=O)[C@@H](CN(C)C)NC(=O)C1CC(C2CCCC(CN3O[C@@H](CO)[C@@H]([C@H](C)O)[C@H]3C(=O)N[C@H]3C[C@H]4C[C@@H]([C@@H]3C)C4(C)C)C2OC)CC(N(C)C)C1. The molecule has 4 N–H and O–H groups in total. The third kappa shape index (κ3) is 9.39. The molecule has 3 amide bonds. The van der Waals surface area contributed by atoms with Gasteiger partial charge < -0.3 is 40.3 Å². The van der Waals surface area contributed by atoms with Crippen LogP contribution in [0.5, 0.6) is 0 Å². The van der Waals surface area contributed by atoms with Crippen molar-refractivity contribution in [2.75, 3.05) is 68.6 Å². The molecule has 15 atom stereocenters. The van der Waals surface area contributed by atoms with E-state index in [4.69, 9.17) is 9.57 Å². The number of nitrogens with one attached hydrogen (secondary N) is 2. The largest absolute Gasteiger partial charge is 0.394 e. The molecule has 5 aliphatic carbocycles. The molecule has 316 valence electrons. The van der Waals surface area contributed by atoms with Gasteiger partial charge in [-0.1, -0.05) is 27.2 Å².